The van der Waals surface area contributed by atoms with E-state index in [4.69, 9.17) is 17.3 Å². The van der Waals surface area contributed by atoms with Gasteiger partial charge in [-0.05, 0) is 47.9 Å². The zero-order valence-corrected chi connectivity index (χ0v) is 22.9. The molecule has 0 bridgehead atoms. The van der Waals surface area contributed by atoms with Gasteiger partial charge >= 0.3 is 0 Å². The predicted molar refractivity (Wildman–Crippen MR) is 140 cm³/mol. The molecule has 0 unspecified atom stereocenters. The number of nitrogens with zero attached hydrogens (tertiary/aromatic N) is 6. The molecule has 0 aliphatic carbocycles. The lowest BCUT2D eigenvalue weighted by molar-refractivity contribution is 0.243. The van der Waals surface area contributed by atoms with Crippen LogP contribution in [0, 0.1) is 5.82 Å². The lowest BCUT2D eigenvalue weighted by Crippen LogP contribution is -2.39. The Kier molecular flexibility index (Phi) is 7.20. The number of hydrogen-bond acceptors (Lipinski definition) is 9. The maximum absolute atomic E-state index is 15.3. The fraction of sp³-hybridized carbons (Fsp3) is 0.435. The average molecular weight is 584 g/mol. The number of sulfone groups is 1. The number of tetrazole rings is 1. The number of aromatic nitrogens is 4. The van der Waals surface area contributed by atoms with Crippen LogP contribution in [0.25, 0.3) is 11.4 Å². The van der Waals surface area contributed by atoms with Crippen LogP contribution >= 0.6 is 11.6 Å². The van der Waals surface area contributed by atoms with Crippen molar-refractivity contribution in [3.05, 3.63) is 52.8 Å². The second kappa shape index (κ2) is 10.2. The first kappa shape index (κ1) is 26.9. The van der Waals surface area contributed by atoms with E-state index in [0.29, 0.717) is 43.2 Å². The van der Waals surface area contributed by atoms with Gasteiger partial charge in [0, 0.05) is 37.2 Å². The summed E-state index contributed by atoms with van der Waals surface area (Å²) in [5.41, 5.74) is 7.35. The van der Waals surface area contributed by atoms with Crippen molar-refractivity contribution in [1.29, 1.82) is 0 Å². The van der Waals surface area contributed by atoms with Crippen molar-refractivity contribution in [3.63, 3.8) is 0 Å². The van der Waals surface area contributed by atoms with Gasteiger partial charge in [-0.15, -0.1) is 10.2 Å². The van der Waals surface area contributed by atoms with Crippen molar-refractivity contribution < 1.29 is 21.2 Å². The minimum absolute atomic E-state index is 0.00762. The van der Waals surface area contributed by atoms with E-state index in [-0.39, 0.29) is 34.6 Å². The summed E-state index contributed by atoms with van der Waals surface area (Å²) >= 11 is 6.01. The smallest absolute Gasteiger partial charge is 0.211 e. The van der Waals surface area contributed by atoms with Gasteiger partial charge in [0.05, 0.1) is 34.2 Å². The van der Waals surface area contributed by atoms with Gasteiger partial charge < -0.3 is 10.6 Å². The van der Waals surface area contributed by atoms with Gasteiger partial charge in [-0.2, -0.15) is 4.80 Å². The molecule has 5 rings (SSSR count). The van der Waals surface area contributed by atoms with Crippen LogP contribution in [0.4, 0.5) is 10.1 Å². The third-order valence-electron chi connectivity index (χ3n) is 6.79. The molecule has 15 heteroatoms. The SMILES string of the molecule is CS(=O)(=O)N1CCC(n2nnc(-c3cc4c(cc3F)S(=O)(=O)C[C@H](N)CN4Cc3ccc(Cl)cc3)n2)CC1. The van der Waals surface area contributed by atoms with Crippen LogP contribution in [0.15, 0.2) is 41.3 Å². The van der Waals surface area contributed by atoms with Crippen LogP contribution in [0.5, 0.6) is 0 Å². The highest BCUT2D eigenvalue weighted by molar-refractivity contribution is 7.91. The molecule has 2 aromatic carbocycles. The molecule has 2 N–H and O–H groups in total. The van der Waals surface area contributed by atoms with Gasteiger partial charge in [-0.25, -0.2) is 25.5 Å². The summed E-state index contributed by atoms with van der Waals surface area (Å²) in [6.45, 7) is 1.22. The number of rotatable bonds is 5. The largest absolute Gasteiger partial charge is 0.365 e. The summed E-state index contributed by atoms with van der Waals surface area (Å²) in [4.78, 5) is 3.04. The van der Waals surface area contributed by atoms with Crippen molar-refractivity contribution in [1.82, 2.24) is 24.5 Å². The van der Waals surface area contributed by atoms with Gasteiger partial charge in [0.1, 0.15) is 5.82 Å². The Hall–Kier alpha value is -2.65. The zero-order valence-electron chi connectivity index (χ0n) is 20.5. The van der Waals surface area contributed by atoms with Gasteiger partial charge in [-0.3, -0.25) is 0 Å². The van der Waals surface area contributed by atoms with Gasteiger partial charge in [0.25, 0.3) is 0 Å². The van der Waals surface area contributed by atoms with Gasteiger partial charge in [0.15, 0.2) is 9.84 Å². The second-order valence-corrected chi connectivity index (χ2v) is 14.1. The minimum atomic E-state index is -3.85. The molecule has 2 aliphatic heterocycles. The molecule has 1 aromatic heterocycles. The molecule has 11 nitrogen and oxygen atoms in total. The van der Waals surface area contributed by atoms with Crippen LogP contribution in [0.1, 0.15) is 24.4 Å². The van der Waals surface area contributed by atoms with Crippen molar-refractivity contribution in [3.8, 4) is 11.4 Å². The summed E-state index contributed by atoms with van der Waals surface area (Å²) in [5, 5.41) is 13.1. The molecule has 1 saturated heterocycles. The molecule has 2 aliphatic rings. The van der Waals surface area contributed by atoms with E-state index in [0.717, 1.165) is 11.6 Å². The Labute approximate surface area is 225 Å². The standard InChI is InChI=1S/C23H27ClFN7O4S2/c1-37(33,34)31-8-6-18(7-9-31)32-28-23(27-29-32)19-10-21-22(11-20(19)25)38(35,36)14-17(26)13-30(21)12-15-2-4-16(24)5-3-15/h2-5,10-11,17-18H,6-9,12-14,26H2,1H3/t17-/m1/s1. The number of fused-ring (bicyclic) bond motifs is 1. The van der Waals surface area contributed by atoms with Crippen LogP contribution in [0.2, 0.25) is 5.02 Å². The van der Waals surface area contributed by atoms with Crippen molar-refractivity contribution in [2.75, 3.05) is 36.5 Å². The Balaban J connectivity index is 1.49. The number of anilines is 1. The molecule has 0 radical (unpaired) electrons. The molecule has 3 aromatic rings. The molecule has 204 valence electrons. The Morgan fingerprint density at radius 2 is 1.84 bits per heavy atom. The Morgan fingerprint density at radius 3 is 2.50 bits per heavy atom. The highest BCUT2D eigenvalue weighted by Crippen LogP contribution is 2.36. The van der Waals surface area contributed by atoms with Crippen LogP contribution in [-0.2, 0) is 26.4 Å². The van der Waals surface area contributed by atoms with Crippen LogP contribution in [-0.4, -0.2) is 79.0 Å². The lowest BCUT2D eigenvalue weighted by atomic mass is 10.1. The number of nitrogens with two attached hydrogens (primary N) is 1. The number of hydrogen-bond donors (Lipinski definition) is 1. The fourth-order valence-corrected chi connectivity index (χ4v) is 7.51. The third-order valence-corrected chi connectivity index (χ3v) is 10.2. The van der Waals surface area contributed by atoms with Gasteiger partial charge in [-0.1, -0.05) is 23.7 Å². The van der Waals surface area contributed by atoms with E-state index < -0.39 is 31.7 Å². The lowest BCUT2D eigenvalue weighted by Gasteiger charge is -2.29. The Bertz CT molecular complexity index is 1560. The normalized spacial score (nSPS) is 20.7. The molecule has 3 heterocycles. The molecule has 1 fully saturated rings. The van der Waals surface area contributed by atoms with Crippen molar-refractivity contribution in [2.45, 2.75) is 36.4 Å². The monoisotopic (exact) mass is 583 g/mol. The third kappa shape index (κ3) is 5.54. The fourth-order valence-electron chi connectivity index (χ4n) is 4.87. The van der Waals surface area contributed by atoms with E-state index >= 15 is 4.39 Å². The maximum atomic E-state index is 15.3. The molecule has 0 spiro atoms. The highest BCUT2D eigenvalue weighted by atomic mass is 35.5. The highest BCUT2D eigenvalue weighted by Gasteiger charge is 2.33. The summed E-state index contributed by atoms with van der Waals surface area (Å²) < 4.78 is 66.5. The predicted octanol–water partition coefficient (Wildman–Crippen LogP) is 1.85. The second-order valence-electron chi connectivity index (χ2n) is 9.67. The van der Waals surface area contributed by atoms with E-state index in [1.165, 1.54) is 21.4 Å². The minimum Gasteiger partial charge on any atom is -0.365 e. The van der Waals surface area contributed by atoms with Crippen LogP contribution < -0.4 is 10.6 Å². The molecular formula is C23H27ClFN7O4S2. The summed E-state index contributed by atoms with van der Waals surface area (Å²) in [6.07, 6.45) is 2.14. The summed E-state index contributed by atoms with van der Waals surface area (Å²) in [6, 6.07) is 8.71. The number of halogens is 2. The number of sulfonamides is 1. The molecule has 38 heavy (non-hydrogen) atoms. The first-order valence-electron chi connectivity index (χ1n) is 12.0. The topological polar surface area (TPSA) is 144 Å². The quantitative estimate of drug-likeness (QED) is 0.475. The molecule has 0 amide bonds. The zero-order chi connectivity index (χ0) is 27.2. The summed E-state index contributed by atoms with van der Waals surface area (Å²) in [7, 11) is -7.13. The van der Waals surface area contributed by atoms with Crippen LogP contribution in [0.3, 0.4) is 0 Å². The maximum Gasteiger partial charge on any atom is 0.211 e. The van der Waals surface area contributed by atoms with Crippen molar-refractivity contribution in [2.24, 2.45) is 5.73 Å². The first-order valence-corrected chi connectivity index (χ1v) is 15.8. The Morgan fingerprint density at radius 1 is 1.16 bits per heavy atom. The molecule has 0 saturated carbocycles. The van der Waals surface area contributed by atoms with E-state index in [1.54, 1.807) is 12.1 Å². The van der Waals surface area contributed by atoms with E-state index in [1.807, 2.05) is 17.0 Å². The number of benzene rings is 2. The first-order chi connectivity index (χ1) is 17.9. The summed E-state index contributed by atoms with van der Waals surface area (Å²) in [5.74, 6) is -1.09. The van der Waals surface area contributed by atoms with E-state index in [2.05, 4.69) is 15.4 Å². The average Bonchev–Trinajstić information content (AvgIpc) is 3.31. The van der Waals surface area contributed by atoms with Crippen molar-refractivity contribution >= 4 is 37.1 Å². The number of piperidine rings is 1. The van der Waals surface area contributed by atoms with Gasteiger partial charge in [0.2, 0.25) is 15.8 Å². The van der Waals surface area contributed by atoms with E-state index in [9.17, 15) is 16.8 Å². The molecule has 1 atom stereocenters. The molecular weight excluding hydrogens is 557 g/mol.